The maximum Gasteiger partial charge on any atom is 0.293 e. The van der Waals surface area contributed by atoms with E-state index in [1.165, 1.54) is 41.1 Å². The summed E-state index contributed by atoms with van der Waals surface area (Å²) in [5, 5.41) is 16.7. The minimum Gasteiger partial charge on any atom is -0.771 e. The first-order chi connectivity index (χ1) is 31.1. The number of allylic oxidation sites excluding steroid dienone is 1. The van der Waals surface area contributed by atoms with E-state index >= 15 is 0 Å². The maximum absolute atomic E-state index is 14.0. The Kier molecular flexibility index (Phi) is 13.9. The lowest BCUT2D eigenvalue weighted by Crippen LogP contribution is -2.47. The highest BCUT2D eigenvalue weighted by Gasteiger charge is 2.31. The first-order valence-corrected chi connectivity index (χ1v) is 24.8. The summed E-state index contributed by atoms with van der Waals surface area (Å²) in [6, 6.07) is 20.2. The molecular formula is C46H52ClN8O8S2-. The number of likely N-dealkylation sites (tertiary alicyclic amines) is 1. The molecule has 1 aliphatic carbocycles. The van der Waals surface area contributed by atoms with Crippen LogP contribution >= 0.6 is 11.6 Å². The molecule has 344 valence electrons. The smallest absolute Gasteiger partial charge is 0.293 e. The van der Waals surface area contributed by atoms with E-state index < -0.39 is 42.5 Å². The topological polar surface area (TPSA) is 206 Å². The normalized spacial score (nSPS) is 18.1. The molecule has 0 bridgehead atoms. The lowest BCUT2D eigenvalue weighted by Gasteiger charge is -2.39. The van der Waals surface area contributed by atoms with Crippen LogP contribution < -0.4 is 19.7 Å². The van der Waals surface area contributed by atoms with Gasteiger partial charge in [0.05, 0.1) is 27.5 Å². The van der Waals surface area contributed by atoms with E-state index in [1.54, 1.807) is 24.4 Å². The predicted octanol–water partition coefficient (Wildman–Crippen LogP) is 7.78. The van der Waals surface area contributed by atoms with Crippen LogP contribution in [0.15, 0.2) is 95.7 Å². The second-order valence-electron chi connectivity index (χ2n) is 17.8. The predicted molar refractivity (Wildman–Crippen MR) is 252 cm³/mol. The lowest BCUT2D eigenvalue weighted by molar-refractivity contribution is -0.384. The number of hydrogen-bond donors (Lipinski definition) is 3. The van der Waals surface area contributed by atoms with E-state index in [-0.39, 0.29) is 34.2 Å². The van der Waals surface area contributed by atoms with Crippen LogP contribution in [0.4, 0.5) is 17.1 Å². The van der Waals surface area contributed by atoms with Crippen LogP contribution in [0.5, 0.6) is 11.5 Å². The molecule has 2 fully saturated rings. The fourth-order valence-electron chi connectivity index (χ4n) is 8.92. The number of nitrogens with one attached hydrogen (secondary N) is 3. The molecule has 0 saturated carbocycles. The number of halogens is 1. The van der Waals surface area contributed by atoms with Gasteiger partial charge < -0.3 is 24.5 Å². The zero-order valence-electron chi connectivity index (χ0n) is 36.3. The Hall–Kier alpha value is -5.37. The Morgan fingerprint density at radius 2 is 1.75 bits per heavy atom. The average molecular weight is 945 g/mol. The molecule has 1 atom stereocenters. The second-order valence-corrected chi connectivity index (χ2v) is 20.8. The van der Waals surface area contributed by atoms with Crippen LogP contribution in [-0.4, -0.2) is 106 Å². The molecule has 2 saturated heterocycles. The van der Waals surface area contributed by atoms with E-state index in [4.69, 9.17) is 16.3 Å². The van der Waals surface area contributed by atoms with Gasteiger partial charge in [0.1, 0.15) is 22.8 Å². The quantitative estimate of drug-likeness (QED) is 0.0522. The molecule has 3 N–H and O–H groups in total. The van der Waals surface area contributed by atoms with E-state index in [0.29, 0.717) is 57.0 Å². The van der Waals surface area contributed by atoms with Crippen LogP contribution in [0.25, 0.3) is 16.6 Å². The number of amides is 1. The molecular weight excluding hydrogens is 892 g/mol. The van der Waals surface area contributed by atoms with Crippen LogP contribution in [0.1, 0.15) is 61.9 Å². The van der Waals surface area contributed by atoms with Crippen molar-refractivity contribution in [2.24, 2.45) is 11.3 Å². The molecule has 8 rings (SSSR count). The van der Waals surface area contributed by atoms with Gasteiger partial charge in [0.2, 0.25) is 0 Å². The number of nitro groups is 1. The highest BCUT2D eigenvalue weighted by atomic mass is 35.5. The summed E-state index contributed by atoms with van der Waals surface area (Å²) in [5.74, 6) is -0.448. The van der Waals surface area contributed by atoms with Gasteiger partial charge in [-0.2, -0.15) is 0 Å². The van der Waals surface area contributed by atoms with Gasteiger partial charge in [0, 0.05) is 73.7 Å². The first kappa shape index (κ1) is 46.2. The van der Waals surface area contributed by atoms with Crippen molar-refractivity contribution < 1.29 is 31.6 Å². The second kappa shape index (κ2) is 19.6. The number of carbonyl (C=O) groups is 1. The summed E-state index contributed by atoms with van der Waals surface area (Å²) in [4.78, 5) is 39.0. The molecule has 2 aromatic heterocycles. The SMILES string of the molecule is CC1(C)CCC(CN2CCN(c3ccc(C(=O)NS(=O)(=O)c4ccc(NCC5CCN(CS(=O)[O-])CC5)c([N+](=O)[O-])c4)c(Oc4cnc5[nH]ccc5c4)c3)CC2)=C(c2ccc(Cl)cc2)C1. The number of hydrogen-bond acceptors (Lipinski definition) is 13. The number of aromatic nitrogens is 2. The number of nitro benzene ring substituents is 1. The minimum absolute atomic E-state index is 0.0381. The van der Waals surface area contributed by atoms with Crippen LogP contribution in [0.3, 0.4) is 0 Å². The van der Waals surface area contributed by atoms with Gasteiger partial charge >= 0.3 is 0 Å². The maximum atomic E-state index is 14.0. The van der Waals surface area contributed by atoms with Gasteiger partial charge in [0.15, 0.2) is 0 Å². The number of piperazine rings is 1. The minimum atomic E-state index is -4.61. The number of aromatic amines is 1. The lowest BCUT2D eigenvalue weighted by atomic mass is 9.72. The van der Waals surface area contributed by atoms with Gasteiger partial charge in [-0.3, -0.25) is 28.9 Å². The van der Waals surface area contributed by atoms with Gasteiger partial charge in [-0.15, -0.1) is 0 Å². The van der Waals surface area contributed by atoms with E-state index in [2.05, 4.69) is 55.8 Å². The molecule has 0 spiro atoms. The molecule has 3 aliphatic rings. The molecule has 16 nitrogen and oxygen atoms in total. The standard InChI is InChI=1S/C46H53ClN8O8S2/c1-46(2)15-11-34(40(26-46)32-3-5-35(47)6-4-32)29-52-19-21-54(22-20-52)36-7-9-39(43(24-36)63-37-23-33-12-16-48-44(33)50-28-37)45(56)51-65(61,62)38-8-10-41(42(25-38)55(57)58)49-27-31-13-17-53(18-14-31)30-64(59)60/h3-10,12,16,23-25,28,31,49H,11,13-15,17-22,26-27,29-30H2,1-2H3,(H,48,50)(H,51,56)(H,59,60)/p-1. The number of H-pyrrole nitrogens is 1. The molecule has 2 aliphatic heterocycles. The van der Waals surface area contributed by atoms with Crippen molar-refractivity contribution in [2.75, 3.05) is 68.5 Å². The third-order valence-corrected chi connectivity index (χ3v) is 14.8. The molecule has 1 amide bonds. The number of sulfonamides is 1. The highest BCUT2D eigenvalue weighted by molar-refractivity contribution is 7.90. The zero-order valence-corrected chi connectivity index (χ0v) is 38.6. The molecule has 19 heteroatoms. The van der Waals surface area contributed by atoms with Crippen molar-refractivity contribution in [3.8, 4) is 11.5 Å². The van der Waals surface area contributed by atoms with Crippen molar-refractivity contribution in [3.05, 3.63) is 117 Å². The Morgan fingerprint density at radius 3 is 2.48 bits per heavy atom. The Bertz CT molecular complexity index is 2730. The first-order valence-electron chi connectivity index (χ1n) is 21.7. The van der Waals surface area contributed by atoms with Crippen molar-refractivity contribution in [1.82, 2.24) is 24.5 Å². The largest absolute Gasteiger partial charge is 0.771 e. The van der Waals surface area contributed by atoms with Gasteiger partial charge in [0.25, 0.3) is 21.6 Å². The number of anilines is 2. The van der Waals surface area contributed by atoms with E-state index in [0.717, 1.165) is 61.1 Å². The number of piperidine rings is 1. The molecule has 5 aromatic rings. The number of fused-ring (bicyclic) bond motifs is 1. The Morgan fingerprint density at radius 1 is 1.00 bits per heavy atom. The van der Waals surface area contributed by atoms with Crippen LogP contribution in [0.2, 0.25) is 5.02 Å². The Labute approximate surface area is 385 Å². The third-order valence-electron chi connectivity index (χ3n) is 12.6. The number of nitrogens with zero attached hydrogens (tertiary/aromatic N) is 5. The van der Waals surface area contributed by atoms with Gasteiger partial charge in [-0.25, -0.2) is 18.1 Å². The zero-order chi connectivity index (χ0) is 45.9. The fourth-order valence-corrected chi connectivity index (χ4v) is 10.6. The molecule has 4 heterocycles. The molecule has 1 unspecified atom stereocenters. The van der Waals surface area contributed by atoms with Crippen molar-refractivity contribution >= 4 is 72.3 Å². The van der Waals surface area contributed by atoms with E-state index in [9.17, 15) is 32.1 Å². The van der Waals surface area contributed by atoms with Crippen molar-refractivity contribution in [2.45, 2.75) is 50.8 Å². The summed E-state index contributed by atoms with van der Waals surface area (Å²) < 4.78 is 58.0. The summed E-state index contributed by atoms with van der Waals surface area (Å²) in [7, 11) is -4.61. The van der Waals surface area contributed by atoms with Crippen LogP contribution in [0, 0.1) is 21.4 Å². The highest BCUT2D eigenvalue weighted by Crippen LogP contribution is 2.43. The van der Waals surface area contributed by atoms with Gasteiger partial charge in [-0.05, 0) is 127 Å². The fraction of sp³-hybridized carbons (Fsp3) is 0.391. The number of carbonyl (C=O) groups excluding carboxylic acids is 1. The molecule has 3 aromatic carbocycles. The number of rotatable bonds is 15. The monoisotopic (exact) mass is 943 g/mol. The average Bonchev–Trinajstić information content (AvgIpc) is 3.75. The molecule has 0 radical (unpaired) electrons. The van der Waals surface area contributed by atoms with Crippen molar-refractivity contribution in [3.63, 3.8) is 0 Å². The number of pyridine rings is 1. The van der Waals surface area contributed by atoms with Crippen LogP contribution in [-0.2, 0) is 21.1 Å². The summed E-state index contributed by atoms with van der Waals surface area (Å²) in [6.07, 6.45) is 7.81. The van der Waals surface area contributed by atoms with Gasteiger partial charge in [-0.1, -0.05) is 43.2 Å². The number of ether oxygens (including phenoxy) is 1. The summed E-state index contributed by atoms with van der Waals surface area (Å²) in [5.41, 5.74) is 5.32. The third kappa shape index (κ3) is 11.4. The summed E-state index contributed by atoms with van der Waals surface area (Å²) >= 11 is 4.07. The Balaban J connectivity index is 0.978. The number of benzene rings is 3. The molecule has 65 heavy (non-hydrogen) atoms. The van der Waals surface area contributed by atoms with Crippen molar-refractivity contribution in [1.29, 1.82) is 0 Å². The van der Waals surface area contributed by atoms with E-state index in [1.807, 2.05) is 23.1 Å². The summed E-state index contributed by atoms with van der Waals surface area (Å²) in [6.45, 7) is 10.1.